The summed E-state index contributed by atoms with van der Waals surface area (Å²) < 4.78 is 16.1. The maximum atomic E-state index is 11.2. The van der Waals surface area contributed by atoms with E-state index in [4.69, 9.17) is 9.42 Å². The van der Waals surface area contributed by atoms with E-state index in [0.717, 1.165) is 0 Å². The fraction of sp³-hybridized carbons (Fsp3) is 0.500. The van der Waals surface area contributed by atoms with Crippen molar-refractivity contribution in [3.05, 3.63) is 25.3 Å². The second-order valence-electron chi connectivity index (χ2n) is 2.40. The van der Waals surface area contributed by atoms with Crippen LogP contribution in [0.5, 0.6) is 0 Å². The van der Waals surface area contributed by atoms with Crippen LogP contribution in [0.4, 0.5) is 0 Å². The molecule has 0 heterocycles. The molecule has 2 atom stereocenters. The summed E-state index contributed by atoms with van der Waals surface area (Å²) in [4.78, 5) is 9.16. The van der Waals surface area contributed by atoms with Crippen molar-refractivity contribution in [1.82, 2.24) is 0 Å². The molecule has 0 aliphatic carbocycles. The van der Waals surface area contributed by atoms with Crippen molar-refractivity contribution in [1.29, 1.82) is 0 Å². The molecule has 70 valence electrons. The number of hydrogen-bond donors (Lipinski definition) is 1. The molecule has 2 unspecified atom stereocenters. The highest BCUT2D eigenvalue weighted by atomic mass is 31.2. The molecule has 0 bridgehead atoms. The molecule has 0 saturated carbocycles. The highest BCUT2D eigenvalue weighted by molar-refractivity contribution is 7.53. The van der Waals surface area contributed by atoms with Gasteiger partial charge in [0.15, 0.2) is 0 Å². The third kappa shape index (κ3) is 4.50. The van der Waals surface area contributed by atoms with Crippen molar-refractivity contribution in [3.8, 4) is 0 Å². The molecule has 0 spiro atoms. The standard InChI is InChI=1S/C8H15O3P/c1-4-7-12(9,10)11-8(5-2)6-3/h4-5,8H,1-2,6-7H2,3H3,(H,9,10). The van der Waals surface area contributed by atoms with Crippen LogP contribution in [0.2, 0.25) is 0 Å². The maximum Gasteiger partial charge on any atom is 0.332 e. The van der Waals surface area contributed by atoms with Gasteiger partial charge < -0.3 is 9.42 Å². The van der Waals surface area contributed by atoms with E-state index in [9.17, 15) is 4.57 Å². The molecule has 0 amide bonds. The molecule has 0 rings (SSSR count). The largest absolute Gasteiger partial charge is 0.332 e. The number of rotatable bonds is 6. The molecule has 12 heavy (non-hydrogen) atoms. The first kappa shape index (κ1) is 11.6. The fourth-order valence-corrected chi connectivity index (χ4v) is 1.77. The summed E-state index contributed by atoms with van der Waals surface area (Å²) in [5, 5.41) is 0. The van der Waals surface area contributed by atoms with Gasteiger partial charge in [-0.3, -0.25) is 4.57 Å². The van der Waals surface area contributed by atoms with Crippen molar-refractivity contribution in [2.75, 3.05) is 6.16 Å². The van der Waals surface area contributed by atoms with E-state index < -0.39 is 7.60 Å². The van der Waals surface area contributed by atoms with Crippen LogP contribution < -0.4 is 0 Å². The van der Waals surface area contributed by atoms with Gasteiger partial charge in [0, 0.05) is 0 Å². The van der Waals surface area contributed by atoms with Gasteiger partial charge in [0.05, 0.1) is 12.3 Å². The maximum absolute atomic E-state index is 11.2. The lowest BCUT2D eigenvalue weighted by molar-refractivity contribution is 0.209. The van der Waals surface area contributed by atoms with E-state index in [2.05, 4.69) is 13.2 Å². The van der Waals surface area contributed by atoms with Crippen LogP contribution in [0.25, 0.3) is 0 Å². The summed E-state index contributed by atoms with van der Waals surface area (Å²) in [6.07, 6.45) is 3.17. The van der Waals surface area contributed by atoms with Gasteiger partial charge in [0.1, 0.15) is 0 Å². The monoisotopic (exact) mass is 190 g/mol. The van der Waals surface area contributed by atoms with Crippen molar-refractivity contribution in [2.24, 2.45) is 0 Å². The molecular formula is C8H15O3P. The Labute approximate surface area is 73.3 Å². The smallest absolute Gasteiger partial charge is 0.324 e. The van der Waals surface area contributed by atoms with Gasteiger partial charge in [0.2, 0.25) is 0 Å². The van der Waals surface area contributed by atoms with E-state index in [1.165, 1.54) is 12.2 Å². The lowest BCUT2D eigenvalue weighted by Crippen LogP contribution is -2.06. The Morgan fingerprint density at radius 2 is 2.25 bits per heavy atom. The van der Waals surface area contributed by atoms with Crippen molar-refractivity contribution < 1.29 is 14.0 Å². The van der Waals surface area contributed by atoms with Crippen LogP contribution in [0, 0.1) is 0 Å². The molecule has 1 N–H and O–H groups in total. The van der Waals surface area contributed by atoms with Gasteiger partial charge >= 0.3 is 7.60 Å². The molecule has 0 saturated heterocycles. The quantitative estimate of drug-likeness (QED) is 0.516. The summed E-state index contributed by atoms with van der Waals surface area (Å²) in [7, 11) is -3.47. The zero-order valence-corrected chi connectivity index (χ0v) is 8.17. The van der Waals surface area contributed by atoms with Gasteiger partial charge in [-0.05, 0) is 6.42 Å². The minimum atomic E-state index is -3.47. The minimum absolute atomic E-state index is 0.0165. The van der Waals surface area contributed by atoms with Gasteiger partial charge in [-0.15, -0.1) is 13.2 Å². The topological polar surface area (TPSA) is 46.5 Å². The van der Waals surface area contributed by atoms with Gasteiger partial charge in [-0.25, -0.2) is 0 Å². The average molecular weight is 190 g/mol. The summed E-state index contributed by atoms with van der Waals surface area (Å²) in [5.41, 5.74) is 0. The summed E-state index contributed by atoms with van der Waals surface area (Å²) in [6, 6.07) is 0. The van der Waals surface area contributed by atoms with E-state index >= 15 is 0 Å². The Bertz CT molecular complexity index is 200. The van der Waals surface area contributed by atoms with E-state index in [1.807, 2.05) is 6.92 Å². The van der Waals surface area contributed by atoms with Crippen LogP contribution in [0.15, 0.2) is 25.3 Å². The lowest BCUT2D eigenvalue weighted by atomic mass is 10.3. The summed E-state index contributed by atoms with van der Waals surface area (Å²) in [6.45, 7) is 8.72. The van der Waals surface area contributed by atoms with Gasteiger partial charge in [-0.2, -0.15) is 0 Å². The van der Waals surface area contributed by atoms with Crippen LogP contribution >= 0.6 is 7.60 Å². The molecule has 0 radical (unpaired) electrons. The molecule has 3 nitrogen and oxygen atoms in total. The zero-order chi connectivity index (χ0) is 9.61. The normalized spacial score (nSPS) is 17.8. The van der Waals surface area contributed by atoms with Crippen LogP contribution in [-0.4, -0.2) is 17.2 Å². The summed E-state index contributed by atoms with van der Waals surface area (Å²) in [5.74, 6) is 0. The predicted molar refractivity (Wildman–Crippen MR) is 50.3 cm³/mol. The zero-order valence-electron chi connectivity index (χ0n) is 7.27. The van der Waals surface area contributed by atoms with Crippen LogP contribution in [0.1, 0.15) is 13.3 Å². The Morgan fingerprint density at radius 3 is 2.58 bits per heavy atom. The molecule has 0 fully saturated rings. The highest BCUT2D eigenvalue weighted by Gasteiger charge is 2.20. The second-order valence-corrected chi connectivity index (χ2v) is 4.25. The Morgan fingerprint density at radius 1 is 1.67 bits per heavy atom. The first-order valence-electron chi connectivity index (χ1n) is 3.79. The van der Waals surface area contributed by atoms with Gasteiger partial charge in [0.25, 0.3) is 0 Å². The highest BCUT2D eigenvalue weighted by Crippen LogP contribution is 2.43. The van der Waals surface area contributed by atoms with Crippen molar-refractivity contribution >= 4 is 7.60 Å². The Hall–Kier alpha value is -0.370. The SMILES string of the molecule is C=CCP(=O)(O)OC(C=C)CC. The number of hydrogen-bond acceptors (Lipinski definition) is 2. The predicted octanol–water partition coefficient (Wildman–Crippen LogP) is 2.34. The van der Waals surface area contributed by atoms with Crippen molar-refractivity contribution in [3.63, 3.8) is 0 Å². The second kappa shape index (κ2) is 5.31. The van der Waals surface area contributed by atoms with Crippen LogP contribution in [0.3, 0.4) is 0 Å². The third-order valence-corrected chi connectivity index (χ3v) is 2.65. The molecule has 0 aliphatic rings. The molecule has 0 aliphatic heterocycles. The fourth-order valence-electron chi connectivity index (χ4n) is 0.702. The molecule has 0 aromatic heterocycles. The minimum Gasteiger partial charge on any atom is -0.324 e. The Balaban J connectivity index is 4.11. The summed E-state index contributed by atoms with van der Waals surface area (Å²) >= 11 is 0. The third-order valence-electron chi connectivity index (χ3n) is 1.33. The average Bonchev–Trinajstić information content (AvgIpc) is 2.00. The Kier molecular flexibility index (Phi) is 5.14. The molecule has 0 aromatic carbocycles. The molecule has 0 aromatic rings. The van der Waals surface area contributed by atoms with E-state index in [1.54, 1.807) is 0 Å². The lowest BCUT2D eigenvalue weighted by Gasteiger charge is -2.15. The van der Waals surface area contributed by atoms with Crippen molar-refractivity contribution in [2.45, 2.75) is 19.4 Å². The van der Waals surface area contributed by atoms with Crippen LogP contribution in [-0.2, 0) is 9.09 Å². The number of allylic oxidation sites excluding steroid dienone is 1. The van der Waals surface area contributed by atoms with E-state index in [0.29, 0.717) is 6.42 Å². The first-order chi connectivity index (χ1) is 5.55. The molecule has 4 heteroatoms. The van der Waals surface area contributed by atoms with Gasteiger partial charge in [-0.1, -0.05) is 19.1 Å². The molecular weight excluding hydrogens is 175 g/mol. The first-order valence-corrected chi connectivity index (χ1v) is 5.55. The van der Waals surface area contributed by atoms with E-state index in [-0.39, 0.29) is 12.3 Å².